The summed E-state index contributed by atoms with van der Waals surface area (Å²) in [6, 6.07) is 8.11. The minimum Gasteiger partial charge on any atom is -0.352 e. The van der Waals surface area contributed by atoms with Crippen LogP contribution in [0.2, 0.25) is 0 Å². The second kappa shape index (κ2) is 7.00. The van der Waals surface area contributed by atoms with Crippen molar-refractivity contribution in [3.63, 3.8) is 0 Å². The van der Waals surface area contributed by atoms with E-state index >= 15 is 0 Å². The minimum absolute atomic E-state index is 0.229. The lowest BCUT2D eigenvalue weighted by molar-refractivity contribution is 0.102. The van der Waals surface area contributed by atoms with E-state index in [0.29, 0.717) is 11.3 Å². The zero-order valence-electron chi connectivity index (χ0n) is 12.6. The number of anilines is 3. The summed E-state index contributed by atoms with van der Waals surface area (Å²) in [6.07, 6.45) is 4.28. The smallest absolute Gasteiger partial charge is 0.258 e. The molecule has 25 heavy (non-hydrogen) atoms. The largest absolute Gasteiger partial charge is 0.352 e. The van der Waals surface area contributed by atoms with E-state index in [4.69, 9.17) is 0 Å². The Morgan fingerprint density at radius 2 is 1.80 bits per heavy atom. The molecule has 0 saturated carbocycles. The number of carbonyl (C=O) groups is 1. The van der Waals surface area contributed by atoms with E-state index in [0.717, 1.165) is 12.1 Å². The van der Waals surface area contributed by atoms with Crippen LogP contribution in [-0.4, -0.2) is 15.9 Å². The number of halogens is 3. The lowest BCUT2D eigenvalue weighted by Crippen LogP contribution is -2.13. The second-order valence-corrected chi connectivity index (χ2v) is 4.98. The van der Waals surface area contributed by atoms with Crippen molar-refractivity contribution < 1.29 is 18.0 Å². The first-order chi connectivity index (χ1) is 12.0. The third kappa shape index (κ3) is 3.74. The number of carbonyl (C=O) groups excluding carboxylic acids is 1. The lowest BCUT2D eigenvalue weighted by atomic mass is 10.2. The number of aromatic nitrogens is 2. The highest BCUT2D eigenvalue weighted by atomic mass is 19.2. The maximum absolute atomic E-state index is 13.6. The van der Waals surface area contributed by atoms with E-state index < -0.39 is 17.5 Å². The highest BCUT2D eigenvalue weighted by Gasteiger charge is 2.13. The molecule has 0 radical (unpaired) electrons. The van der Waals surface area contributed by atoms with Crippen LogP contribution in [0.3, 0.4) is 0 Å². The van der Waals surface area contributed by atoms with Gasteiger partial charge in [-0.25, -0.2) is 18.2 Å². The van der Waals surface area contributed by atoms with Gasteiger partial charge in [0, 0.05) is 12.4 Å². The Hall–Kier alpha value is -3.42. The van der Waals surface area contributed by atoms with Crippen molar-refractivity contribution in [1.82, 2.24) is 9.97 Å². The molecule has 1 amide bonds. The van der Waals surface area contributed by atoms with Gasteiger partial charge in [0.1, 0.15) is 5.82 Å². The Morgan fingerprint density at radius 3 is 2.48 bits per heavy atom. The molecule has 0 bridgehead atoms. The third-order valence-corrected chi connectivity index (χ3v) is 3.24. The number of hydrogen-bond acceptors (Lipinski definition) is 4. The molecule has 3 rings (SSSR count). The molecular formula is C17H11F3N4O. The maximum Gasteiger partial charge on any atom is 0.258 e. The number of hydrogen-bond donors (Lipinski definition) is 2. The van der Waals surface area contributed by atoms with Crippen LogP contribution in [0.25, 0.3) is 0 Å². The van der Waals surface area contributed by atoms with Gasteiger partial charge in [-0.3, -0.25) is 9.78 Å². The molecule has 0 spiro atoms. The van der Waals surface area contributed by atoms with Crippen LogP contribution in [0.5, 0.6) is 0 Å². The van der Waals surface area contributed by atoms with Crippen LogP contribution in [0.4, 0.5) is 30.4 Å². The normalized spacial score (nSPS) is 10.4. The van der Waals surface area contributed by atoms with Crippen LogP contribution in [-0.2, 0) is 0 Å². The zero-order chi connectivity index (χ0) is 17.8. The average Bonchev–Trinajstić information content (AvgIpc) is 2.64. The number of nitrogens with one attached hydrogen (secondary N) is 2. The van der Waals surface area contributed by atoms with Crippen LogP contribution < -0.4 is 10.6 Å². The Balaban J connectivity index is 1.71. The molecule has 0 aliphatic rings. The summed E-state index contributed by atoms with van der Waals surface area (Å²) in [6.45, 7) is 0. The van der Waals surface area contributed by atoms with E-state index in [2.05, 4.69) is 20.6 Å². The first-order valence-corrected chi connectivity index (χ1v) is 7.12. The SMILES string of the molecule is O=C(Nc1ccc(Nc2ccc(F)c(F)c2F)cn1)c1cccnc1. The van der Waals surface area contributed by atoms with Gasteiger partial charge in [0.05, 0.1) is 23.1 Å². The molecule has 0 fully saturated rings. The molecule has 0 saturated heterocycles. The van der Waals surface area contributed by atoms with Crippen molar-refractivity contribution in [3.05, 3.63) is 78.0 Å². The second-order valence-electron chi connectivity index (χ2n) is 4.98. The van der Waals surface area contributed by atoms with Crippen molar-refractivity contribution in [2.45, 2.75) is 0 Å². The molecular weight excluding hydrogens is 333 g/mol. The Kier molecular flexibility index (Phi) is 4.60. The van der Waals surface area contributed by atoms with Crippen molar-refractivity contribution in [1.29, 1.82) is 0 Å². The molecule has 1 aromatic carbocycles. The summed E-state index contributed by atoms with van der Waals surface area (Å²) >= 11 is 0. The van der Waals surface area contributed by atoms with Crippen LogP contribution in [0.15, 0.2) is 55.0 Å². The molecule has 2 heterocycles. The van der Waals surface area contributed by atoms with Crippen molar-refractivity contribution in [2.24, 2.45) is 0 Å². The Bertz CT molecular complexity index is 902. The molecule has 3 aromatic rings. The standard InChI is InChI=1S/C17H11F3N4O/c18-12-4-5-13(16(20)15(12)19)23-11-3-6-14(22-9-11)24-17(25)10-2-1-7-21-8-10/h1-9,23H,(H,22,24,25). The number of amides is 1. The molecule has 0 aliphatic heterocycles. The van der Waals surface area contributed by atoms with E-state index in [1.165, 1.54) is 24.5 Å². The summed E-state index contributed by atoms with van der Waals surface area (Å²) < 4.78 is 39.7. The van der Waals surface area contributed by atoms with Crippen LogP contribution >= 0.6 is 0 Å². The monoisotopic (exact) mass is 344 g/mol. The van der Waals surface area contributed by atoms with Crippen LogP contribution in [0.1, 0.15) is 10.4 Å². The van der Waals surface area contributed by atoms with Crippen molar-refractivity contribution in [2.75, 3.05) is 10.6 Å². The first kappa shape index (κ1) is 16.4. The van der Waals surface area contributed by atoms with Gasteiger partial charge in [-0.1, -0.05) is 0 Å². The number of rotatable bonds is 4. The summed E-state index contributed by atoms with van der Waals surface area (Å²) in [5.74, 6) is -4.26. The molecule has 8 heteroatoms. The van der Waals surface area contributed by atoms with Gasteiger partial charge < -0.3 is 10.6 Å². The van der Waals surface area contributed by atoms with E-state index in [1.54, 1.807) is 18.3 Å². The summed E-state index contributed by atoms with van der Waals surface area (Å²) in [4.78, 5) is 19.8. The van der Waals surface area contributed by atoms with E-state index in [-0.39, 0.29) is 17.4 Å². The van der Waals surface area contributed by atoms with Crippen molar-refractivity contribution >= 4 is 23.1 Å². The van der Waals surface area contributed by atoms with E-state index in [9.17, 15) is 18.0 Å². The van der Waals surface area contributed by atoms with Gasteiger partial charge >= 0.3 is 0 Å². The molecule has 0 atom stereocenters. The highest BCUT2D eigenvalue weighted by Crippen LogP contribution is 2.23. The lowest BCUT2D eigenvalue weighted by Gasteiger charge is -2.09. The maximum atomic E-state index is 13.6. The Labute approximate surface area is 140 Å². The molecule has 5 nitrogen and oxygen atoms in total. The van der Waals surface area contributed by atoms with Gasteiger partial charge in [0.25, 0.3) is 5.91 Å². The van der Waals surface area contributed by atoms with Gasteiger partial charge in [0.2, 0.25) is 0 Å². The number of nitrogens with zero attached hydrogens (tertiary/aromatic N) is 2. The molecule has 2 N–H and O–H groups in total. The average molecular weight is 344 g/mol. The number of pyridine rings is 2. The molecule has 2 aromatic heterocycles. The fourth-order valence-corrected chi connectivity index (χ4v) is 2.01. The minimum atomic E-state index is -1.56. The molecule has 0 unspecified atom stereocenters. The quantitative estimate of drug-likeness (QED) is 0.705. The first-order valence-electron chi connectivity index (χ1n) is 7.12. The van der Waals surface area contributed by atoms with Gasteiger partial charge in [-0.05, 0) is 36.4 Å². The van der Waals surface area contributed by atoms with Crippen LogP contribution in [0, 0.1) is 17.5 Å². The summed E-state index contributed by atoms with van der Waals surface area (Å²) in [5.41, 5.74) is 0.479. The highest BCUT2D eigenvalue weighted by molar-refractivity contribution is 6.03. The van der Waals surface area contributed by atoms with Gasteiger partial charge in [-0.15, -0.1) is 0 Å². The molecule has 0 aliphatic carbocycles. The summed E-state index contributed by atoms with van der Waals surface area (Å²) in [7, 11) is 0. The fourth-order valence-electron chi connectivity index (χ4n) is 2.01. The third-order valence-electron chi connectivity index (χ3n) is 3.24. The Morgan fingerprint density at radius 1 is 0.960 bits per heavy atom. The zero-order valence-corrected chi connectivity index (χ0v) is 12.6. The van der Waals surface area contributed by atoms with Gasteiger partial charge in [-0.2, -0.15) is 0 Å². The molecule has 126 valence electrons. The summed E-state index contributed by atoms with van der Waals surface area (Å²) in [5, 5.41) is 5.16. The van der Waals surface area contributed by atoms with E-state index in [1.807, 2.05) is 0 Å². The number of benzene rings is 1. The van der Waals surface area contributed by atoms with Crippen molar-refractivity contribution in [3.8, 4) is 0 Å². The topological polar surface area (TPSA) is 66.9 Å². The van der Waals surface area contributed by atoms with Gasteiger partial charge in [0.15, 0.2) is 17.5 Å². The fraction of sp³-hybridized carbons (Fsp3) is 0. The predicted molar refractivity (Wildman–Crippen MR) is 86.0 cm³/mol. The predicted octanol–water partition coefficient (Wildman–Crippen LogP) is 3.89.